The summed E-state index contributed by atoms with van der Waals surface area (Å²) in [6.45, 7) is 2.47. The van der Waals surface area contributed by atoms with Gasteiger partial charge in [0.25, 0.3) is 0 Å². The molecule has 0 aliphatic carbocycles. The van der Waals surface area contributed by atoms with Gasteiger partial charge in [-0.1, -0.05) is 34.8 Å². The average molecular weight is 305 g/mol. The summed E-state index contributed by atoms with van der Waals surface area (Å²) in [6, 6.07) is 5.28. The quantitative estimate of drug-likeness (QED) is 0.916. The number of anilines is 1. The summed E-state index contributed by atoms with van der Waals surface area (Å²) in [5.41, 5.74) is 2.63. The van der Waals surface area contributed by atoms with Gasteiger partial charge < -0.3 is 5.32 Å². The first-order valence-electron chi connectivity index (χ1n) is 5.36. The van der Waals surface area contributed by atoms with Crippen LogP contribution in [0.4, 0.5) is 5.69 Å². The minimum absolute atomic E-state index is 0.554. The van der Waals surface area contributed by atoms with Crippen LogP contribution in [-0.2, 0) is 13.6 Å². The third-order valence-electron chi connectivity index (χ3n) is 2.65. The third-order valence-corrected chi connectivity index (χ3v) is 3.69. The van der Waals surface area contributed by atoms with E-state index in [0.717, 1.165) is 16.9 Å². The Morgan fingerprint density at radius 1 is 1.28 bits per heavy atom. The summed E-state index contributed by atoms with van der Waals surface area (Å²) in [7, 11) is 1.81. The van der Waals surface area contributed by atoms with E-state index < -0.39 is 0 Å². The average Bonchev–Trinajstić information content (AvgIpc) is 2.55. The number of nitrogens with one attached hydrogen (secondary N) is 1. The fourth-order valence-electron chi connectivity index (χ4n) is 1.69. The number of nitrogens with zero attached hydrogens (tertiary/aromatic N) is 2. The smallest absolute Gasteiger partial charge is 0.131 e. The Balaban J connectivity index is 2.19. The van der Waals surface area contributed by atoms with E-state index in [4.69, 9.17) is 34.8 Å². The first kappa shape index (κ1) is 13.5. The van der Waals surface area contributed by atoms with Crippen molar-refractivity contribution in [3.63, 3.8) is 0 Å². The van der Waals surface area contributed by atoms with Gasteiger partial charge in [0.2, 0.25) is 0 Å². The van der Waals surface area contributed by atoms with E-state index in [1.165, 1.54) is 0 Å². The molecule has 1 aromatic carbocycles. The Labute approximate surface area is 121 Å². The van der Waals surface area contributed by atoms with Crippen LogP contribution in [0.2, 0.25) is 15.2 Å². The summed E-state index contributed by atoms with van der Waals surface area (Å²) in [4.78, 5) is 0. The molecule has 0 bridgehead atoms. The lowest BCUT2D eigenvalue weighted by Gasteiger charge is -2.08. The van der Waals surface area contributed by atoms with E-state index in [0.29, 0.717) is 21.7 Å². The van der Waals surface area contributed by atoms with Gasteiger partial charge in [-0.2, -0.15) is 5.10 Å². The van der Waals surface area contributed by atoms with Gasteiger partial charge in [-0.05, 0) is 25.1 Å². The van der Waals surface area contributed by atoms with Crippen LogP contribution in [0.15, 0.2) is 18.2 Å². The summed E-state index contributed by atoms with van der Waals surface area (Å²) in [5.74, 6) is 0. The van der Waals surface area contributed by atoms with Crippen molar-refractivity contribution in [2.45, 2.75) is 13.5 Å². The summed E-state index contributed by atoms with van der Waals surface area (Å²) >= 11 is 18.1. The summed E-state index contributed by atoms with van der Waals surface area (Å²) < 4.78 is 1.65. The SMILES string of the molecule is Cc1nn(C)c(Cl)c1CNc1cc(Cl)ccc1Cl. The normalized spacial score (nSPS) is 10.7. The molecule has 18 heavy (non-hydrogen) atoms. The number of hydrogen-bond acceptors (Lipinski definition) is 2. The Hall–Kier alpha value is -0.900. The first-order chi connectivity index (χ1) is 8.49. The highest BCUT2D eigenvalue weighted by atomic mass is 35.5. The number of halogens is 3. The van der Waals surface area contributed by atoms with Crippen LogP contribution in [-0.4, -0.2) is 9.78 Å². The van der Waals surface area contributed by atoms with Crippen LogP contribution in [0.5, 0.6) is 0 Å². The largest absolute Gasteiger partial charge is 0.380 e. The predicted molar refractivity (Wildman–Crippen MR) is 76.7 cm³/mol. The number of aryl methyl sites for hydroxylation is 2. The molecule has 0 radical (unpaired) electrons. The highest BCUT2D eigenvalue weighted by Gasteiger charge is 2.11. The van der Waals surface area contributed by atoms with E-state index in [2.05, 4.69) is 10.4 Å². The molecular weight excluding hydrogens is 293 g/mol. The van der Waals surface area contributed by atoms with Crippen molar-refractivity contribution in [1.29, 1.82) is 0 Å². The van der Waals surface area contributed by atoms with Gasteiger partial charge in [0.05, 0.1) is 16.4 Å². The Morgan fingerprint density at radius 3 is 2.61 bits per heavy atom. The van der Waals surface area contributed by atoms with E-state index >= 15 is 0 Å². The van der Waals surface area contributed by atoms with Crippen LogP contribution in [0.25, 0.3) is 0 Å². The number of hydrogen-bond donors (Lipinski definition) is 1. The molecule has 1 aromatic heterocycles. The van der Waals surface area contributed by atoms with Crippen molar-refractivity contribution in [2.24, 2.45) is 7.05 Å². The van der Waals surface area contributed by atoms with Crippen LogP contribution in [0.1, 0.15) is 11.3 Å². The van der Waals surface area contributed by atoms with Crippen molar-refractivity contribution in [3.8, 4) is 0 Å². The second-order valence-corrected chi connectivity index (χ2v) is 5.16. The van der Waals surface area contributed by atoms with Crippen molar-refractivity contribution in [1.82, 2.24) is 9.78 Å². The molecule has 0 spiro atoms. The zero-order chi connectivity index (χ0) is 13.3. The van der Waals surface area contributed by atoms with E-state index in [1.54, 1.807) is 22.9 Å². The minimum Gasteiger partial charge on any atom is -0.380 e. The molecular formula is C12H12Cl3N3. The lowest BCUT2D eigenvalue weighted by atomic mass is 10.2. The minimum atomic E-state index is 0.554. The van der Waals surface area contributed by atoms with E-state index in [1.807, 2.05) is 14.0 Å². The molecule has 1 N–H and O–H groups in total. The van der Waals surface area contributed by atoms with Gasteiger partial charge in [0.15, 0.2) is 0 Å². The fourth-order valence-corrected chi connectivity index (χ4v) is 2.29. The number of benzene rings is 1. The summed E-state index contributed by atoms with van der Waals surface area (Å²) in [5, 5.41) is 9.34. The second-order valence-electron chi connectivity index (χ2n) is 3.96. The molecule has 3 nitrogen and oxygen atoms in total. The molecule has 96 valence electrons. The van der Waals surface area contributed by atoms with Crippen molar-refractivity contribution >= 4 is 40.5 Å². The second kappa shape index (κ2) is 5.39. The van der Waals surface area contributed by atoms with Gasteiger partial charge >= 0.3 is 0 Å². The molecule has 0 amide bonds. The van der Waals surface area contributed by atoms with Crippen molar-refractivity contribution < 1.29 is 0 Å². The highest BCUT2D eigenvalue weighted by molar-refractivity contribution is 6.35. The van der Waals surface area contributed by atoms with Crippen molar-refractivity contribution in [2.75, 3.05) is 5.32 Å². The molecule has 0 saturated carbocycles. The predicted octanol–water partition coefficient (Wildman–Crippen LogP) is 4.30. The van der Waals surface area contributed by atoms with Gasteiger partial charge in [0, 0.05) is 24.2 Å². The van der Waals surface area contributed by atoms with Crippen molar-refractivity contribution in [3.05, 3.63) is 44.7 Å². The molecule has 2 rings (SSSR count). The number of rotatable bonds is 3. The Kier molecular flexibility index (Phi) is 4.05. The summed E-state index contributed by atoms with van der Waals surface area (Å²) in [6.07, 6.45) is 0. The maximum absolute atomic E-state index is 6.15. The van der Waals surface area contributed by atoms with Gasteiger partial charge in [0.1, 0.15) is 5.15 Å². The Morgan fingerprint density at radius 2 is 2.00 bits per heavy atom. The molecule has 0 atom stereocenters. The molecule has 0 unspecified atom stereocenters. The van der Waals surface area contributed by atoms with Crippen LogP contribution in [0.3, 0.4) is 0 Å². The van der Waals surface area contributed by atoms with Gasteiger partial charge in [-0.3, -0.25) is 4.68 Å². The molecule has 0 saturated heterocycles. The lowest BCUT2D eigenvalue weighted by Crippen LogP contribution is -2.01. The van der Waals surface area contributed by atoms with Crippen LogP contribution < -0.4 is 5.32 Å². The zero-order valence-electron chi connectivity index (χ0n) is 9.97. The van der Waals surface area contributed by atoms with Gasteiger partial charge in [-0.25, -0.2) is 0 Å². The van der Waals surface area contributed by atoms with E-state index in [-0.39, 0.29) is 0 Å². The highest BCUT2D eigenvalue weighted by Crippen LogP contribution is 2.27. The molecule has 6 heteroatoms. The monoisotopic (exact) mass is 303 g/mol. The van der Waals surface area contributed by atoms with Gasteiger partial charge in [-0.15, -0.1) is 0 Å². The Bertz CT molecular complexity index is 578. The fraction of sp³-hybridized carbons (Fsp3) is 0.250. The molecule has 1 heterocycles. The maximum Gasteiger partial charge on any atom is 0.131 e. The third kappa shape index (κ3) is 2.74. The first-order valence-corrected chi connectivity index (χ1v) is 6.49. The standard InChI is InChI=1S/C12H12Cl3N3/c1-7-9(12(15)18(2)17-7)6-16-11-5-8(13)3-4-10(11)14/h3-5,16H,6H2,1-2H3. The lowest BCUT2D eigenvalue weighted by molar-refractivity contribution is 0.757. The van der Waals surface area contributed by atoms with Crippen LogP contribution >= 0.6 is 34.8 Å². The molecule has 0 fully saturated rings. The topological polar surface area (TPSA) is 29.9 Å². The molecule has 0 aliphatic heterocycles. The number of aromatic nitrogens is 2. The zero-order valence-corrected chi connectivity index (χ0v) is 12.2. The maximum atomic E-state index is 6.15. The van der Waals surface area contributed by atoms with E-state index in [9.17, 15) is 0 Å². The molecule has 0 aliphatic rings. The molecule has 2 aromatic rings. The van der Waals surface area contributed by atoms with Crippen LogP contribution in [0, 0.1) is 6.92 Å².